The van der Waals surface area contributed by atoms with E-state index in [4.69, 9.17) is 0 Å². The van der Waals surface area contributed by atoms with Gasteiger partial charge in [-0.25, -0.2) is 0 Å². The van der Waals surface area contributed by atoms with Crippen molar-refractivity contribution in [1.82, 2.24) is 4.90 Å². The lowest BCUT2D eigenvalue weighted by Crippen LogP contribution is -2.33. The number of rotatable bonds is 0. The Morgan fingerprint density at radius 1 is 0.826 bits per heavy atom. The predicted molar refractivity (Wildman–Crippen MR) is 98.6 cm³/mol. The summed E-state index contributed by atoms with van der Waals surface area (Å²) in [5, 5.41) is 0. The van der Waals surface area contributed by atoms with Crippen LogP contribution in [0.3, 0.4) is 0 Å². The lowest BCUT2D eigenvalue weighted by atomic mass is 10.00. The third-order valence-electron chi connectivity index (χ3n) is 5.15. The highest BCUT2D eigenvalue weighted by Crippen LogP contribution is 2.16. The highest BCUT2D eigenvalue weighted by Gasteiger charge is 2.14. The van der Waals surface area contributed by atoms with Gasteiger partial charge in [-0.05, 0) is 37.8 Å². The second-order valence-electron chi connectivity index (χ2n) is 7.34. The molecule has 0 radical (unpaired) electrons. The Hall–Kier alpha value is -0.890. The topological polar surface area (TPSA) is 20.3 Å². The molecule has 23 heavy (non-hydrogen) atoms. The zero-order chi connectivity index (χ0) is 16.2. The van der Waals surface area contributed by atoms with Gasteiger partial charge in [-0.2, -0.15) is 0 Å². The van der Waals surface area contributed by atoms with Crippen LogP contribution < -0.4 is 0 Å². The summed E-state index contributed by atoms with van der Waals surface area (Å²) in [6.07, 6.45) is 23.6. The van der Waals surface area contributed by atoms with Crippen molar-refractivity contribution in [2.24, 2.45) is 5.92 Å². The maximum Gasteiger partial charge on any atom is 0.155 e. The second-order valence-corrected chi connectivity index (χ2v) is 7.34. The van der Waals surface area contributed by atoms with Gasteiger partial charge in [-0.15, -0.1) is 0 Å². The van der Waals surface area contributed by atoms with Gasteiger partial charge >= 0.3 is 0 Å². The Morgan fingerprint density at radius 3 is 2.22 bits per heavy atom. The smallest absolute Gasteiger partial charge is 0.155 e. The summed E-state index contributed by atoms with van der Waals surface area (Å²) in [7, 11) is 0. The largest absolute Gasteiger partial charge is 0.299 e. The third-order valence-corrected chi connectivity index (χ3v) is 5.15. The molecule has 2 heterocycles. The van der Waals surface area contributed by atoms with E-state index >= 15 is 0 Å². The summed E-state index contributed by atoms with van der Waals surface area (Å²) in [5.74, 6) is 0.912. The minimum Gasteiger partial charge on any atom is -0.299 e. The van der Waals surface area contributed by atoms with Crippen LogP contribution in [0.1, 0.15) is 77.0 Å². The van der Waals surface area contributed by atoms with Gasteiger partial charge < -0.3 is 0 Å². The Labute approximate surface area is 143 Å². The van der Waals surface area contributed by atoms with Crippen LogP contribution in [-0.4, -0.2) is 30.3 Å². The van der Waals surface area contributed by atoms with Crippen LogP contribution >= 0.6 is 0 Å². The Balaban J connectivity index is 1.78. The molecule has 2 aliphatic heterocycles. The van der Waals surface area contributed by atoms with Crippen molar-refractivity contribution < 1.29 is 4.79 Å². The molecule has 0 N–H and O–H groups in total. The monoisotopic (exact) mass is 317 g/mol. The summed E-state index contributed by atoms with van der Waals surface area (Å²) in [4.78, 5) is 14.5. The number of allylic oxidation sites excluding steroid dienone is 2. The summed E-state index contributed by atoms with van der Waals surface area (Å²) in [6, 6.07) is 0. The zero-order valence-corrected chi connectivity index (χ0v) is 14.8. The van der Waals surface area contributed by atoms with E-state index in [-0.39, 0.29) is 0 Å². The van der Waals surface area contributed by atoms with Gasteiger partial charge in [0.2, 0.25) is 0 Å². The summed E-state index contributed by atoms with van der Waals surface area (Å²) in [5.41, 5.74) is 0. The van der Waals surface area contributed by atoms with E-state index in [1.54, 1.807) is 0 Å². The van der Waals surface area contributed by atoms with E-state index in [1.807, 2.05) is 6.08 Å². The SMILES string of the molecule is O=C1C=CCC2C=CCN(CCCCCCCCCCCC1)C2. The summed E-state index contributed by atoms with van der Waals surface area (Å²) >= 11 is 0. The van der Waals surface area contributed by atoms with E-state index in [0.29, 0.717) is 11.7 Å². The van der Waals surface area contributed by atoms with Crippen molar-refractivity contribution in [3.63, 3.8) is 0 Å². The van der Waals surface area contributed by atoms with E-state index in [2.05, 4.69) is 23.1 Å². The Bertz CT molecular complexity index is 385. The number of nitrogens with zero attached hydrogens (tertiary/aromatic N) is 1. The molecule has 0 saturated carbocycles. The van der Waals surface area contributed by atoms with Gasteiger partial charge in [0, 0.05) is 19.5 Å². The third kappa shape index (κ3) is 8.50. The van der Waals surface area contributed by atoms with Gasteiger partial charge in [-0.3, -0.25) is 9.69 Å². The molecule has 2 atom stereocenters. The maximum atomic E-state index is 11.9. The average molecular weight is 318 g/mol. The first-order valence-electron chi connectivity index (χ1n) is 9.93. The highest BCUT2D eigenvalue weighted by molar-refractivity contribution is 5.89. The molecular weight excluding hydrogens is 282 g/mol. The van der Waals surface area contributed by atoms with E-state index < -0.39 is 0 Å². The molecule has 0 aromatic heterocycles. The lowest BCUT2D eigenvalue weighted by Gasteiger charge is -2.28. The van der Waals surface area contributed by atoms with Crippen LogP contribution in [0.25, 0.3) is 0 Å². The quantitative estimate of drug-likeness (QED) is 0.565. The fourth-order valence-electron chi connectivity index (χ4n) is 3.71. The molecule has 2 unspecified atom stereocenters. The van der Waals surface area contributed by atoms with Gasteiger partial charge in [0.1, 0.15) is 0 Å². The number of carbonyl (C=O) groups is 1. The predicted octanol–water partition coefficient (Wildman–Crippen LogP) is 5.29. The molecule has 130 valence electrons. The number of fused-ring (bicyclic) bond motifs is 2. The van der Waals surface area contributed by atoms with Crippen molar-refractivity contribution in [1.29, 1.82) is 0 Å². The second kappa shape index (κ2) is 11.6. The van der Waals surface area contributed by atoms with Crippen molar-refractivity contribution in [2.75, 3.05) is 19.6 Å². The van der Waals surface area contributed by atoms with E-state index in [9.17, 15) is 4.79 Å². The van der Waals surface area contributed by atoms with Crippen LogP contribution in [0.4, 0.5) is 0 Å². The highest BCUT2D eigenvalue weighted by atomic mass is 16.1. The van der Waals surface area contributed by atoms with Crippen molar-refractivity contribution >= 4 is 5.78 Å². The molecule has 0 fully saturated rings. The molecule has 2 rings (SSSR count). The standard InChI is InChI=1S/C21H35NO/c23-21-15-9-7-5-3-1-2-4-6-8-10-17-22-18-12-14-20(19-22)13-11-16-21/h11-12,14,16,20H,1-10,13,15,17-19H2. The molecular formula is C21H35NO. The number of ketones is 1. The Kier molecular flexibility index (Phi) is 9.32. The molecule has 0 aliphatic carbocycles. The van der Waals surface area contributed by atoms with Crippen molar-refractivity contribution in [2.45, 2.75) is 77.0 Å². The molecule has 2 aliphatic rings. The molecule has 0 saturated heterocycles. The zero-order valence-electron chi connectivity index (χ0n) is 14.8. The number of hydrogen-bond acceptors (Lipinski definition) is 2. The Morgan fingerprint density at radius 2 is 1.48 bits per heavy atom. The van der Waals surface area contributed by atoms with Crippen LogP contribution in [0.5, 0.6) is 0 Å². The molecule has 0 aromatic carbocycles. The van der Waals surface area contributed by atoms with Crippen LogP contribution in [0.15, 0.2) is 24.3 Å². The molecule has 2 bridgehead atoms. The molecule has 2 nitrogen and oxygen atoms in total. The normalized spacial score (nSPS) is 29.5. The van der Waals surface area contributed by atoms with E-state index in [1.165, 1.54) is 64.3 Å². The van der Waals surface area contributed by atoms with Gasteiger partial charge in [-0.1, -0.05) is 69.6 Å². The van der Waals surface area contributed by atoms with Crippen molar-refractivity contribution in [3.8, 4) is 0 Å². The summed E-state index contributed by atoms with van der Waals surface area (Å²) in [6.45, 7) is 3.51. The fourth-order valence-corrected chi connectivity index (χ4v) is 3.71. The fraction of sp³-hybridized carbons (Fsp3) is 0.762. The lowest BCUT2D eigenvalue weighted by molar-refractivity contribution is -0.114. The first-order valence-corrected chi connectivity index (χ1v) is 9.93. The molecule has 0 aromatic rings. The first-order chi connectivity index (χ1) is 11.3. The maximum absolute atomic E-state index is 11.9. The van der Waals surface area contributed by atoms with Crippen molar-refractivity contribution in [3.05, 3.63) is 24.3 Å². The minimum atomic E-state index is 0.319. The molecule has 2 heteroatoms. The minimum absolute atomic E-state index is 0.319. The van der Waals surface area contributed by atoms with Gasteiger partial charge in [0.25, 0.3) is 0 Å². The van der Waals surface area contributed by atoms with E-state index in [0.717, 1.165) is 32.4 Å². The number of hydrogen-bond donors (Lipinski definition) is 0. The summed E-state index contributed by atoms with van der Waals surface area (Å²) < 4.78 is 0. The van der Waals surface area contributed by atoms with Gasteiger partial charge in [0.15, 0.2) is 5.78 Å². The molecule has 0 spiro atoms. The van der Waals surface area contributed by atoms with Gasteiger partial charge in [0.05, 0.1) is 0 Å². The van der Waals surface area contributed by atoms with Crippen LogP contribution in [0, 0.1) is 5.92 Å². The number of carbonyl (C=O) groups excluding carboxylic acids is 1. The average Bonchev–Trinajstić information content (AvgIpc) is 2.55. The molecule has 0 amide bonds. The first kappa shape index (κ1) is 18.4. The van der Waals surface area contributed by atoms with Crippen LogP contribution in [-0.2, 0) is 4.79 Å². The van der Waals surface area contributed by atoms with Crippen LogP contribution in [0.2, 0.25) is 0 Å².